The van der Waals surface area contributed by atoms with Crippen LogP contribution in [-0.4, -0.2) is 22.5 Å². The van der Waals surface area contributed by atoms with Crippen molar-refractivity contribution >= 4 is 28.0 Å². The predicted molar refractivity (Wildman–Crippen MR) is 108 cm³/mol. The van der Waals surface area contributed by atoms with Crippen molar-refractivity contribution in [2.75, 3.05) is 23.3 Å². The maximum absolute atomic E-state index is 12.1. The Morgan fingerprint density at radius 2 is 1.58 bits per heavy atom. The van der Waals surface area contributed by atoms with Crippen LogP contribution in [0.15, 0.2) is 47.3 Å². The van der Waals surface area contributed by atoms with Gasteiger partial charge in [-0.3, -0.25) is 14.2 Å². The van der Waals surface area contributed by atoms with E-state index < -0.39 is 0 Å². The average Bonchev–Trinajstić information content (AvgIpc) is 2.87. The number of hydrogen-bond acceptors (Lipinski definition) is 3. The third-order valence-corrected chi connectivity index (χ3v) is 5.63. The fourth-order valence-corrected chi connectivity index (χ4v) is 3.72. The van der Waals surface area contributed by atoms with Crippen LogP contribution in [0.4, 0.5) is 17.1 Å². The normalized spacial score (nSPS) is 15.6. The van der Waals surface area contributed by atoms with E-state index in [9.17, 15) is 4.79 Å². The van der Waals surface area contributed by atoms with Gasteiger partial charge in [-0.15, -0.1) is 0 Å². The van der Waals surface area contributed by atoms with Crippen molar-refractivity contribution in [1.82, 2.24) is 9.36 Å². The number of rotatable bonds is 3. The number of nitrogens with one attached hydrogen (secondary N) is 1. The van der Waals surface area contributed by atoms with E-state index in [1.165, 1.54) is 18.5 Å². The summed E-state index contributed by atoms with van der Waals surface area (Å²) in [5, 5.41) is 4.19. The standard InChI is InChI=1S/C21H26N4O/c1-15-10-12-25(13-11-15)18-7-4-16(5-8-18)22-17-6-9-19-20(14-17)23(2)24(3)21(19)26/h4-9,14-15,22H,10-13H2,1-3H3. The highest BCUT2D eigenvalue weighted by Gasteiger charge is 2.15. The molecular weight excluding hydrogens is 324 g/mol. The predicted octanol–water partition coefficient (Wildman–Crippen LogP) is 3.86. The van der Waals surface area contributed by atoms with Crippen LogP contribution in [0.25, 0.3) is 10.9 Å². The maximum atomic E-state index is 12.1. The van der Waals surface area contributed by atoms with Gasteiger partial charge in [0, 0.05) is 44.2 Å². The largest absolute Gasteiger partial charge is 0.372 e. The zero-order valence-corrected chi connectivity index (χ0v) is 15.7. The van der Waals surface area contributed by atoms with Gasteiger partial charge in [0.2, 0.25) is 0 Å². The lowest BCUT2D eigenvalue weighted by molar-refractivity contribution is 0.438. The minimum atomic E-state index is 0.0363. The van der Waals surface area contributed by atoms with E-state index in [2.05, 4.69) is 41.4 Å². The zero-order valence-electron chi connectivity index (χ0n) is 15.7. The Balaban J connectivity index is 1.53. The fraction of sp³-hybridized carbons (Fsp3) is 0.381. The molecule has 0 bridgehead atoms. The molecule has 1 aliphatic rings. The van der Waals surface area contributed by atoms with Crippen LogP contribution < -0.4 is 15.8 Å². The summed E-state index contributed by atoms with van der Waals surface area (Å²) in [6.07, 6.45) is 2.55. The van der Waals surface area contributed by atoms with Gasteiger partial charge in [-0.2, -0.15) is 0 Å². The van der Waals surface area contributed by atoms with Crippen LogP contribution in [-0.2, 0) is 14.1 Å². The Morgan fingerprint density at radius 1 is 0.923 bits per heavy atom. The van der Waals surface area contributed by atoms with Crippen molar-refractivity contribution in [3.63, 3.8) is 0 Å². The molecule has 0 saturated carbocycles. The highest BCUT2D eigenvalue weighted by Crippen LogP contribution is 2.26. The Hall–Kier alpha value is -2.69. The Morgan fingerprint density at radius 3 is 2.27 bits per heavy atom. The van der Waals surface area contributed by atoms with E-state index in [-0.39, 0.29) is 5.56 Å². The number of benzene rings is 2. The minimum absolute atomic E-state index is 0.0363. The van der Waals surface area contributed by atoms with E-state index in [0.29, 0.717) is 0 Å². The Bertz CT molecular complexity index is 976. The molecule has 5 heteroatoms. The molecule has 1 aliphatic heterocycles. The van der Waals surface area contributed by atoms with Crippen molar-refractivity contribution in [3.05, 3.63) is 52.8 Å². The number of nitrogens with zero attached hydrogens (tertiary/aromatic N) is 3. The third kappa shape index (κ3) is 2.98. The molecule has 2 aromatic carbocycles. The number of hydrogen-bond donors (Lipinski definition) is 1. The Kier molecular flexibility index (Phi) is 4.23. The first-order chi connectivity index (χ1) is 12.5. The van der Waals surface area contributed by atoms with Crippen molar-refractivity contribution in [2.24, 2.45) is 20.0 Å². The highest BCUT2D eigenvalue weighted by atomic mass is 16.1. The van der Waals surface area contributed by atoms with Gasteiger partial charge < -0.3 is 10.2 Å². The van der Waals surface area contributed by atoms with Crippen molar-refractivity contribution in [3.8, 4) is 0 Å². The van der Waals surface area contributed by atoms with E-state index in [1.54, 1.807) is 11.7 Å². The summed E-state index contributed by atoms with van der Waals surface area (Å²) >= 11 is 0. The van der Waals surface area contributed by atoms with Crippen molar-refractivity contribution < 1.29 is 0 Å². The molecule has 0 radical (unpaired) electrons. The molecule has 1 saturated heterocycles. The van der Waals surface area contributed by atoms with Crippen LogP contribution >= 0.6 is 0 Å². The van der Waals surface area contributed by atoms with Crippen LogP contribution in [0, 0.1) is 5.92 Å². The lowest BCUT2D eigenvalue weighted by Gasteiger charge is -2.32. The van der Waals surface area contributed by atoms with E-state index in [4.69, 9.17) is 0 Å². The first kappa shape index (κ1) is 16.8. The lowest BCUT2D eigenvalue weighted by Crippen LogP contribution is -2.32. The Labute approximate surface area is 153 Å². The van der Waals surface area contributed by atoms with Gasteiger partial charge in [0.1, 0.15) is 0 Å². The number of aryl methyl sites for hydroxylation is 1. The topological polar surface area (TPSA) is 42.2 Å². The minimum Gasteiger partial charge on any atom is -0.372 e. The summed E-state index contributed by atoms with van der Waals surface area (Å²) < 4.78 is 3.51. The molecule has 0 amide bonds. The maximum Gasteiger partial charge on any atom is 0.274 e. The molecule has 4 rings (SSSR count). The zero-order chi connectivity index (χ0) is 18.3. The smallest absolute Gasteiger partial charge is 0.274 e. The second-order valence-electron chi connectivity index (χ2n) is 7.43. The van der Waals surface area contributed by atoms with Crippen LogP contribution in [0.2, 0.25) is 0 Å². The van der Waals surface area contributed by atoms with Crippen molar-refractivity contribution in [2.45, 2.75) is 19.8 Å². The second-order valence-corrected chi connectivity index (χ2v) is 7.43. The molecule has 0 unspecified atom stereocenters. The van der Waals surface area contributed by atoms with Gasteiger partial charge in [0.05, 0.1) is 10.9 Å². The molecule has 1 fully saturated rings. The molecule has 0 atom stereocenters. The monoisotopic (exact) mass is 350 g/mol. The first-order valence-corrected chi connectivity index (χ1v) is 9.31. The van der Waals surface area contributed by atoms with Gasteiger partial charge in [-0.1, -0.05) is 6.92 Å². The molecule has 5 nitrogen and oxygen atoms in total. The fourth-order valence-electron chi connectivity index (χ4n) is 3.72. The number of fused-ring (bicyclic) bond motifs is 1. The quantitative estimate of drug-likeness (QED) is 0.780. The first-order valence-electron chi connectivity index (χ1n) is 9.31. The lowest BCUT2D eigenvalue weighted by atomic mass is 9.99. The molecule has 26 heavy (non-hydrogen) atoms. The number of aromatic nitrogens is 2. The molecule has 1 aromatic heterocycles. The van der Waals surface area contributed by atoms with E-state index in [1.807, 2.05) is 29.9 Å². The van der Waals surface area contributed by atoms with E-state index in [0.717, 1.165) is 41.3 Å². The summed E-state index contributed by atoms with van der Waals surface area (Å²) in [6.45, 7) is 4.63. The molecule has 2 heterocycles. The molecule has 3 aromatic rings. The summed E-state index contributed by atoms with van der Waals surface area (Å²) in [5.74, 6) is 0.844. The van der Waals surface area contributed by atoms with Gasteiger partial charge in [0.25, 0.3) is 5.56 Å². The summed E-state index contributed by atoms with van der Waals surface area (Å²) in [7, 11) is 3.69. The van der Waals surface area contributed by atoms with Gasteiger partial charge in [-0.25, -0.2) is 0 Å². The van der Waals surface area contributed by atoms with E-state index >= 15 is 0 Å². The number of anilines is 3. The molecule has 0 aliphatic carbocycles. The molecule has 136 valence electrons. The summed E-state index contributed by atoms with van der Waals surface area (Å²) in [5.41, 5.74) is 4.30. The second kappa shape index (κ2) is 6.56. The summed E-state index contributed by atoms with van der Waals surface area (Å²) in [4.78, 5) is 14.6. The van der Waals surface area contributed by atoms with Crippen molar-refractivity contribution in [1.29, 1.82) is 0 Å². The molecular formula is C21H26N4O. The molecule has 0 spiro atoms. The number of piperidine rings is 1. The third-order valence-electron chi connectivity index (χ3n) is 5.63. The molecule has 1 N–H and O–H groups in total. The van der Waals surface area contributed by atoms with Crippen LogP contribution in [0.5, 0.6) is 0 Å². The highest BCUT2D eigenvalue weighted by molar-refractivity contribution is 5.83. The summed E-state index contributed by atoms with van der Waals surface area (Å²) in [6, 6.07) is 14.5. The van der Waals surface area contributed by atoms with Crippen LogP contribution in [0.3, 0.4) is 0 Å². The van der Waals surface area contributed by atoms with Gasteiger partial charge >= 0.3 is 0 Å². The van der Waals surface area contributed by atoms with Gasteiger partial charge in [-0.05, 0) is 61.2 Å². The van der Waals surface area contributed by atoms with Crippen LogP contribution in [0.1, 0.15) is 19.8 Å². The SMILES string of the molecule is CC1CCN(c2ccc(Nc3ccc4c(=O)n(C)n(C)c4c3)cc2)CC1. The average molecular weight is 350 g/mol. The van der Waals surface area contributed by atoms with Gasteiger partial charge in [0.15, 0.2) is 0 Å².